The van der Waals surface area contributed by atoms with Gasteiger partial charge in [-0.05, 0) is 32.9 Å². The largest absolute Gasteiger partial charge is 0.370 e. The predicted octanol–water partition coefficient (Wildman–Crippen LogP) is 1.14. The van der Waals surface area contributed by atoms with Crippen LogP contribution in [-0.4, -0.2) is 53.1 Å². The molecule has 140 valence electrons. The van der Waals surface area contributed by atoms with Crippen LogP contribution in [0.3, 0.4) is 0 Å². The zero-order valence-corrected chi connectivity index (χ0v) is 15.9. The lowest BCUT2D eigenvalue weighted by Crippen LogP contribution is -2.52. The Kier molecular flexibility index (Phi) is 5.10. The first-order valence-corrected chi connectivity index (χ1v) is 10.2. The van der Waals surface area contributed by atoms with E-state index in [1.165, 1.54) is 4.31 Å². The van der Waals surface area contributed by atoms with Crippen molar-refractivity contribution in [3.63, 3.8) is 0 Å². The third-order valence-electron chi connectivity index (χ3n) is 4.69. The van der Waals surface area contributed by atoms with E-state index in [0.29, 0.717) is 42.5 Å². The highest BCUT2D eigenvalue weighted by Gasteiger charge is 2.34. The van der Waals surface area contributed by atoms with E-state index in [-0.39, 0.29) is 17.2 Å². The van der Waals surface area contributed by atoms with E-state index in [2.05, 4.69) is 20.3 Å². The lowest BCUT2D eigenvalue weighted by Gasteiger charge is -2.38. The lowest BCUT2D eigenvalue weighted by atomic mass is 10.0. The minimum absolute atomic E-state index is 0.144. The van der Waals surface area contributed by atoms with Gasteiger partial charge in [-0.2, -0.15) is 0 Å². The first-order valence-electron chi connectivity index (χ1n) is 8.55. The molecule has 1 aliphatic heterocycles. The summed E-state index contributed by atoms with van der Waals surface area (Å²) in [5.41, 5.74) is 1.90. The number of pyridine rings is 1. The van der Waals surface area contributed by atoms with Crippen LogP contribution in [0.2, 0.25) is 0 Å². The van der Waals surface area contributed by atoms with E-state index in [9.17, 15) is 13.2 Å². The molecule has 1 fully saturated rings. The molecule has 2 aromatic heterocycles. The van der Waals surface area contributed by atoms with Crippen molar-refractivity contribution in [2.45, 2.75) is 20.8 Å². The Labute approximate surface area is 152 Å². The number of hydrogen-bond acceptors (Lipinski definition) is 6. The number of sulfonamides is 1. The highest BCUT2D eigenvalue weighted by Crippen LogP contribution is 2.21. The highest BCUT2D eigenvalue weighted by molar-refractivity contribution is 7.89. The summed E-state index contributed by atoms with van der Waals surface area (Å²) in [4.78, 5) is 23.4. The molecule has 0 bridgehead atoms. The highest BCUT2D eigenvalue weighted by atomic mass is 32.2. The Bertz CT molecular complexity index is 947. The molecule has 3 rings (SSSR count). The van der Waals surface area contributed by atoms with E-state index in [4.69, 9.17) is 0 Å². The maximum Gasteiger partial charge on any atom is 0.254 e. The van der Waals surface area contributed by atoms with Crippen LogP contribution >= 0.6 is 0 Å². The minimum atomic E-state index is -3.07. The zero-order valence-electron chi connectivity index (χ0n) is 15.1. The minimum Gasteiger partial charge on any atom is -0.370 e. The van der Waals surface area contributed by atoms with Crippen LogP contribution in [0.1, 0.15) is 18.2 Å². The Morgan fingerprint density at radius 2 is 2.04 bits per heavy atom. The van der Waals surface area contributed by atoms with Crippen molar-refractivity contribution in [1.29, 1.82) is 0 Å². The monoisotopic (exact) mass is 377 g/mol. The number of aryl methyl sites for hydroxylation is 1. The maximum absolute atomic E-state index is 11.9. The Morgan fingerprint density at radius 3 is 2.62 bits per heavy atom. The number of nitrogens with zero attached hydrogens (tertiary/aromatic N) is 3. The maximum atomic E-state index is 11.9. The van der Waals surface area contributed by atoms with Crippen LogP contribution in [0.4, 0.5) is 5.82 Å². The smallest absolute Gasteiger partial charge is 0.254 e. The number of nitrogens with one attached hydrogen (secondary N) is 2. The molecule has 1 aliphatic rings. The van der Waals surface area contributed by atoms with Crippen LogP contribution in [0.25, 0.3) is 11.4 Å². The van der Waals surface area contributed by atoms with Gasteiger partial charge < -0.3 is 10.3 Å². The molecule has 0 saturated carbocycles. The summed E-state index contributed by atoms with van der Waals surface area (Å²) in [7, 11) is -3.07. The molecular formula is C17H23N5O3S. The number of H-pyrrole nitrogens is 1. The van der Waals surface area contributed by atoms with Gasteiger partial charge in [0.05, 0.1) is 5.75 Å². The second-order valence-electron chi connectivity index (χ2n) is 6.52. The third-order valence-corrected chi connectivity index (χ3v) is 6.50. The van der Waals surface area contributed by atoms with Crippen LogP contribution in [0.15, 0.2) is 23.1 Å². The summed E-state index contributed by atoms with van der Waals surface area (Å²) >= 11 is 0. The molecule has 3 heterocycles. The van der Waals surface area contributed by atoms with E-state index < -0.39 is 10.0 Å². The number of aromatic nitrogens is 3. The molecule has 0 unspecified atom stereocenters. The van der Waals surface area contributed by atoms with E-state index in [1.54, 1.807) is 27.0 Å². The molecule has 8 nitrogen and oxygen atoms in total. The third kappa shape index (κ3) is 3.78. The van der Waals surface area contributed by atoms with Crippen molar-refractivity contribution in [3.05, 3.63) is 39.9 Å². The first-order chi connectivity index (χ1) is 12.3. The molecule has 0 amide bonds. The van der Waals surface area contributed by atoms with Gasteiger partial charge in [-0.1, -0.05) is 0 Å². The molecular weight excluding hydrogens is 354 g/mol. The second-order valence-corrected chi connectivity index (χ2v) is 8.78. The van der Waals surface area contributed by atoms with Gasteiger partial charge in [-0.15, -0.1) is 0 Å². The predicted molar refractivity (Wildman–Crippen MR) is 101 cm³/mol. The molecule has 2 N–H and O–H groups in total. The Balaban J connectivity index is 1.59. The topological polar surface area (TPSA) is 108 Å². The zero-order chi connectivity index (χ0) is 18.9. The van der Waals surface area contributed by atoms with Crippen LogP contribution in [0, 0.1) is 19.8 Å². The Hall–Kier alpha value is -2.26. The van der Waals surface area contributed by atoms with Crippen molar-refractivity contribution in [1.82, 2.24) is 19.3 Å². The van der Waals surface area contributed by atoms with Crippen molar-refractivity contribution in [3.8, 4) is 11.4 Å². The van der Waals surface area contributed by atoms with Crippen molar-refractivity contribution in [2.24, 2.45) is 5.92 Å². The van der Waals surface area contributed by atoms with Crippen LogP contribution < -0.4 is 10.9 Å². The molecule has 9 heteroatoms. The van der Waals surface area contributed by atoms with Gasteiger partial charge in [0.1, 0.15) is 11.6 Å². The summed E-state index contributed by atoms with van der Waals surface area (Å²) in [6.45, 7) is 6.97. The molecule has 26 heavy (non-hydrogen) atoms. The van der Waals surface area contributed by atoms with Gasteiger partial charge in [-0.25, -0.2) is 22.7 Å². The number of anilines is 1. The fourth-order valence-electron chi connectivity index (χ4n) is 2.73. The number of hydrogen-bond donors (Lipinski definition) is 2. The number of aromatic amines is 1. The van der Waals surface area contributed by atoms with Gasteiger partial charge in [-0.3, -0.25) is 4.79 Å². The van der Waals surface area contributed by atoms with E-state index in [1.807, 2.05) is 12.1 Å². The molecule has 1 saturated heterocycles. The second kappa shape index (κ2) is 7.16. The van der Waals surface area contributed by atoms with Crippen molar-refractivity contribution < 1.29 is 8.42 Å². The van der Waals surface area contributed by atoms with Gasteiger partial charge in [0.2, 0.25) is 10.0 Å². The fraction of sp³-hybridized carbons (Fsp3) is 0.471. The van der Waals surface area contributed by atoms with Crippen molar-refractivity contribution in [2.75, 3.05) is 30.7 Å². The molecule has 0 atom stereocenters. The van der Waals surface area contributed by atoms with Crippen LogP contribution in [0.5, 0.6) is 0 Å². The first kappa shape index (κ1) is 18.5. The molecule has 0 spiro atoms. The van der Waals surface area contributed by atoms with Gasteiger partial charge in [0.25, 0.3) is 5.56 Å². The molecule has 0 radical (unpaired) electrons. The lowest BCUT2D eigenvalue weighted by molar-refractivity contribution is 0.212. The van der Waals surface area contributed by atoms with Crippen molar-refractivity contribution >= 4 is 15.8 Å². The summed E-state index contributed by atoms with van der Waals surface area (Å²) < 4.78 is 24.9. The standard InChI is InChI=1S/C17H23N5O3S/c1-4-26(24,25)22-9-13(10-22)7-18-15-6-5-14(8-19-15)16-20-12(3)11(2)17(23)21-16/h5-6,8,13H,4,7,9-10H2,1-3H3,(H,18,19)(H,20,21,23). The summed E-state index contributed by atoms with van der Waals surface area (Å²) in [5.74, 6) is 1.63. The summed E-state index contributed by atoms with van der Waals surface area (Å²) in [6, 6.07) is 3.67. The van der Waals surface area contributed by atoms with E-state index in [0.717, 1.165) is 5.56 Å². The van der Waals surface area contributed by atoms with Gasteiger partial charge >= 0.3 is 0 Å². The average Bonchev–Trinajstić information content (AvgIpc) is 2.58. The molecule has 0 aromatic carbocycles. The fourth-order valence-corrected chi connectivity index (χ4v) is 3.97. The quantitative estimate of drug-likeness (QED) is 0.782. The van der Waals surface area contributed by atoms with E-state index >= 15 is 0 Å². The summed E-state index contributed by atoms with van der Waals surface area (Å²) in [6.07, 6.45) is 1.66. The molecule has 2 aromatic rings. The average molecular weight is 377 g/mol. The van der Waals surface area contributed by atoms with Gasteiger partial charge in [0.15, 0.2) is 0 Å². The number of rotatable bonds is 6. The normalized spacial score (nSPS) is 15.7. The van der Waals surface area contributed by atoms with Gasteiger partial charge in [0, 0.05) is 48.6 Å². The van der Waals surface area contributed by atoms with Crippen LogP contribution in [-0.2, 0) is 10.0 Å². The Morgan fingerprint density at radius 1 is 1.31 bits per heavy atom. The SMILES string of the molecule is CCS(=O)(=O)N1CC(CNc2ccc(-c3nc(C)c(C)c(=O)[nH]3)cn2)C1. The summed E-state index contributed by atoms with van der Waals surface area (Å²) in [5, 5.41) is 3.22. The molecule has 0 aliphatic carbocycles.